The molecule has 8 heteroatoms. The summed E-state index contributed by atoms with van der Waals surface area (Å²) in [5, 5.41) is 2.88. The maximum Gasteiger partial charge on any atom is 0.348 e. The highest BCUT2D eigenvalue weighted by atomic mass is 32.1. The third-order valence-corrected chi connectivity index (χ3v) is 4.99. The number of carbonyl (C=O) groups is 3. The fourth-order valence-electron chi connectivity index (χ4n) is 2.46. The monoisotopic (exact) mass is 419 g/mol. The summed E-state index contributed by atoms with van der Waals surface area (Å²) in [6.45, 7) is 8.65. The quantitative estimate of drug-likeness (QED) is 0.647. The van der Waals surface area contributed by atoms with Gasteiger partial charge in [-0.05, 0) is 52.3 Å². The third kappa shape index (κ3) is 6.05. The molecule has 1 amide bonds. The van der Waals surface area contributed by atoms with Crippen molar-refractivity contribution in [1.29, 1.82) is 0 Å². The molecule has 29 heavy (non-hydrogen) atoms. The van der Waals surface area contributed by atoms with Crippen LogP contribution in [0.3, 0.4) is 0 Å². The van der Waals surface area contributed by atoms with Gasteiger partial charge in [0.05, 0.1) is 18.3 Å². The first kappa shape index (κ1) is 22.4. The van der Waals surface area contributed by atoms with Crippen LogP contribution in [-0.2, 0) is 14.3 Å². The van der Waals surface area contributed by atoms with E-state index in [4.69, 9.17) is 14.2 Å². The van der Waals surface area contributed by atoms with Crippen molar-refractivity contribution in [3.63, 3.8) is 0 Å². The molecule has 0 atom stereocenters. The van der Waals surface area contributed by atoms with Gasteiger partial charge in [-0.15, -0.1) is 11.3 Å². The average Bonchev–Trinajstić information content (AvgIpc) is 2.97. The molecular weight excluding hydrogens is 394 g/mol. The van der Waals surface area contributed by atoms with Crippen molar-refractivity contribution in [2.24, 2.45) is 0 Å². The molecule has 156 valence electrons. The Kier molecular flexibility index (Phi) is 7.78. The highest BCUT2D eigenvalue weighted by Crippen LogP contribution is 2.34. The summed E-state index contributed by atoms with van der Waals surface area (Å²) in [5.41, 5.74) is 1.64. The standard InChI is InChI=1S/C21H25NO6S/c1-6-26-20(24)17-14(5)18(21(25)28-12(2)3)29-19(17)22-16(23)11-27-15-9-7-13(4)8-10-15/h7-10,12H,6,11H2,1-5H3,(H,22,23). The van der Waals surface area contributed by atoms with Crippen LogP contribution < -0.4 is 10.1 Å². The lowest BCUT2D eigenvalue weighted by atomic mass is 10.1. The second kappa shape index (κ2) is 10.1. The maximum atomic E-state index is 12.4. The fourth-order valence-corrected chi connectivity index (χ4v) is 3.55. The first-order valence-electron chi connectivity index (χ1n) is 9.23. The molecule has 0 saturated carbocycles. The summed E-state index contributed by atoms with van der Waals surface area (Å²) >= 11 is 0.979. The van der Waals surface area contributed by atoms with Crippen LogP contribution in [0.2, 0.25) is 0 Å². The normalized spacial score (nSPS) is 10.6. The van der Waals surface area contributed by atoms with Crippen LogP contribution in [0.25, 0.3) is 0 Å². The minimum absolute atomic E-state index is 0.149. The number of benzene rings is 1. The molecule has 1 aromatic heterocycles. The van der Waals surface area contributed by atoms with Gasteiger partial charge in [0.1, 0.15) is 15.6 Å². The van der Waals surface area contributed by atoms with Gasteiger partial charge in [-0.3, -0.25) is 4.79 Å². The Morgan fingerprint density at radius 2 is 1.72 bits per heavy atom. The van der Waals surface area contributed by atoms with E-state index in [0.717, 1.165) is 16.9 Å². The van der Waals surface area contributed by atoms with E-state index < -0.39 is 17.8 Å². The van der Waals surface area contributed by atoms with Crippen LogP contribution in [0.15, 0.2) is 24.3 Å². The van der Waals surface area contributed by atoms with E-state index >= 15 is 0 Å². The second-order valence-corrected chi connectivity index (χ2v) is 7.61. The van der Waals surface area contributed by atoms with Gasteiger partial charge < -0.3 is 19.5 Å². The van der Waals surface area contributed by atoms with Crippen LogP contribution >= 0.6 is 11.3 Å². The van der Waals surface area contributed by atoms with E-state index in [2.05, 4.69) is 5.32 Å². The zero-order valence-electron chi connectivity index (χ0n) is 17.2. The van der Waals surface area contributed by atoms with Gasteiger partial charge in [0, 0.05) is 0 Å². The van der Waals surface area contributed by atoms with Gasteiger partial charge in [0.25, 0.3) is 5.91 Å². The number of amides is 1. The number of esters is 2. The van der Waals surface area contributed by atoms with E-state index in [1.165, 1.54) is 0 Å². The summed E-state index contributed by atoms with van der Waals surface area (Å²) in [7, 11) is 0. The van der Waals surface area contributed by atoms with E-state index in [-0.39, 0.29) is 34.8 Å². The van der Waals surface area contributed by atoms with Crippen molar-refractivity contribution in [1.82, 2.24) is 0 Å². The number of thiophene rings is 1. The van der Waals surface area contributed by atoms with Crippen LogP contribution in [0.4, 0.5) is 5.00 Å². The molecule has 1 heterocycles. The summed E-state index contributed by atoms with van der Waals surface area (Å²) in [4.78, 5) is 37.3. The van der Waals surface area contributed by atoms with Crippen LogP contribution in [0.1, 0.15) is 51.9 Å². The Labute approximate surface area is 174 Å². The van der Waals surface area contributed by atoms with Crippen LogP contribution in [-0.4, -0.2) is 37.2 Å². The molecule has 0 bridgehead atoms. The molecule has 2 rings (SSSR count). The number of carbonyl (C=O) groups excluding carboxylic acids is 3. The topological polar surface area (TPSA) is 90.9 Å². The molecule has 0 spiro atoms. The van der Waals surface area contributed by atoms with Gasteiger partial charge in [0.2, 0.25) is 0 Å². The Bertz CT molecular complexity index is 885. The fraction of sp³-hybridized carbons (Fsp3) is 0.381. The first-order valence-corrected chi connectivity index (χ1v) is 10.0. The van der Waals surface area contributed by atoms with Gasteiger partial charge in [-0.1, -0.05) is 17.7 Å². The Morgan fingerprint density at radius 1 is 1.07 bits per heavy atom. The van der Waals surface area contributed by atoms with Crippen molar-refractivity contribution in [3.8, 4) is 5.75 Å². The number of rotatable bonds is 8. The molecule has 0 aliphatic heterocycles. The number of aryl methyl sites for hydroxylation is 1. The summed E-state index contributed by atoms with van der Waals surface area (Å²) in [6, 6.07) is 7.28. The Balaban J connectivity index is 2.20. The lowest BCUT2D eigenvalue weighted by Gasteiger charge is -2.08. The minimum Gasteiger partial charge on any atom is -0.484 e. The molecule has 2 aromatic rings. The number of ether oxygens (including phenoxy) is 3. The number of hydrogen-bond donors (Lipinski definition) is 1. The first-order chi connectivity index (χ1) is 13.7. The largest absolute Gasteiger partial charge is 0.484 e. The van der Waals surface area contributed by atoms with E-state index in [9.17, 15) is 14.4 Å². The van der Waals surface area contributed by atoms with Crippen molar-refractivity contribution < 1.29 is 28.6 Å². The summed E-state index contributed by atoms with van der Waals surface area (Å²) in [6.07, 6.45) is -0.309. The lowest BCUT2D eigenvalue weighted by Crippen LogP contribution is -2.21. The van der Waals surface area contributed by atoms with Crippen molar-refractivity contribution in [2.45, 2.75) is 40.7 Å². The number of hydrogen-bond acceptors (Lipinski definition) is 7. The molecule has 1 N–H and O–H groups in total. The van der Waals surface area contributed by atoms with Gasteiger partial charge in [0.15, 0.2) is 6.61 Å². The lowest BCUT2D eigenvalue weighted by molar-refractivity contribution is -0.118. The molecule has 1 aromatic carbocycles. The van der Waals surface area contributed by atoms with E-state index in [1.807, 2.05) is 19.1 Å². The molecule has 0 aliphatic rings. The maximum absolute atomic E-state index is 12.4. The highest BCUT2D eigenvalue weighted by Gasteiger charge is 2.27. The SMILES string of the molecule is CCOC(=O)c1c(NC(=O)COc2ccc(C)cc2)sc(C(=O)OC(C)C)c1C. The zero-order valence-corrected chi connectivity index (χ0v) is 18.0. The predicted molar refractivity (Wildman–Crippen MR) is 111 cm³/mol. The number of anilines is 1. The highest BCUT2D eigenvalue weighted by molar-refractivity contribution is 7.18. The molecular formula is C21H25NO6S. The van der Waals surface area contributed by atoms with Crippen LogP contribution in [0.5, 0.6) is 5.75 Å². The second-order valence-electron chi connectivity index (χ2n) is 6.58. The van der Waals surface area contributed by atoms with Crippen molar-refractivity contribution >= 4 is 34.2 Å². The van der Waals surface area contributed by atoms with E-state index in [0.29, 0.717) is 11.3 Å². The number of nitrogens with one attached hydrogen (secondary N) is 1. The summed E-state index contributed by atoms with van der Waals surface area (Å²) < 4.78 is 15.8. The van der Waals surface area contributed by atoms with Crippen molar-refractivity contribution in [2.75, 3.05) is 18.5 Å². The molecule has 0 radical (unpaired) electrons. The van der Waals surface area contributed by atoms with Crippen LogP contribution in [0, 0.1) is 13.8 Å². The Morgan fingerprint density at radius 3 is 2.31 bits per heavy atom. The smallest absolute Gasteiger partial charge is 0.348 e. The average molecular weight is 419 g/mol. The molecule has 0 saturated heterocycles. The minimum atomic E-state index is -0.611. The molecule has 0 fully saturated rings. The molecule has 0 aliphatic carbocycles. The third-order valence-electron chi connectivity index (χ3n) is 3.80. The Hall–Kier alpha value is -2.87. The van der Waals surface area contributed by atoms with Crippen molar-refractivity contribution in [3.05, 3.63) is 45.8 Å². The zero-order chi connectivity index (χ0) is 21.6. The predicted octanol–water partition coefficient (Wildman–Crippen LogP) is 4.12. The summed E-state index contributed by atoms with van der Waals surface area (Å²) in [5.74, 6) is -1.06. The molecule has 0 unspecified atom stereocenters. The van der Waals surface area contributed by atoms with E-state index in [1.54, 1.807) is 39.8 Å². The van der Waals surface area contributed by atoms with Gasteiger partial charge >= 0.3 is 11.9 Å². The van der Waals surface area contributed by atoms with Gasteiger partial charge in [-0.25, -0.2) is 9.59 Å². The molecule has 7 nitrogen and oxygen atoms in total. The van der Waals surface area contributed by atoms with Gasteiger partial charge in [-0.2, -0.15) is 0 Å².